The van der Waals surface area contributed by atoms with Crippen LogP contribution in [-0.2, 0) is 9.59 Å². The summed E-state index contributed by atoms with van der Waals surface area (Å²) >= 11 is 0. The molecule has 5 fully saturated rings. The topological polar surface area (TPSA) is 37.4 Å². The molecule has 3 heteroatoms. The molecule has 10 atom stereocenters. The lowest BCUT2D eigenvalue weighted by atomic mass is 9.44. The van der Waals surface area contributed by atoms with Gasteiger partial charge in [-0.1, -0.05) is 27.7 Å². The predicted octanol–water partition coefficient (Wildman–Crippen LogP) is 5.76. The maximum atomic E-state index is 13.3. The molecule has 0 unspecified atom stereocenters. The summed E-state index contributed by atoms with van der Waals surface area (Å²) in [6, 6.07) is 0.730. The third-order valence-electron chi connectivity index (χ3n) is 11.7. The third-order valence-corrected chi connectivity index (χ3v) is 11.7. The number of likely N-dealkylation sites (tertiary alicyclic amines) is 1. The van der Waals surface area contributed by atoms with Gasteiger partial charge in [-0.15, -0.1) is 0 Å². The fourth-order valence-corrected chi connectivity index (χ4v) is 10.1. The van der Waals surface area contributed by atoms with Crippen molar-refractivity contribution in [2.45, 2.75) is 97.9 Å². The number of carbonyl (C=O) groups excluding carboxylic acids is 2. The first-order chi connectivity index (χ1) is 14.6. The minimum Gasteiger partial charge on any atom is -0.303 e. The van der Waals surface area contributed by atoms with Crippen LogP contribution < -0.4 is 0 Å². The standard InChI is InChI=1S/C28H45NO2/c1-17-6-9-25(29(5)16-17)18(2)21-7-8-22-20-15-26(31)24-14-19(30)10-12-28(24,4)23(20)11-13-27(21,22)3/h17-18,20-25H,6-16H2,1-5H3/t17-,18-,20-,21+,22-,23-,24+,25+,27+,28+/m0/s1. The highest BCUT2D eigenvalue weighted by molar-refractivity contribution is 5.90. The van der Waals surface area contributed by atoms with E-state index in [2.05, 4.69) is 39.6 Å². The van der Waals surface area contributed by atoms with E-state index in [1.165, 1.54) is 45.1 Å². The van der Waals surface area contributed by atoms with Gasteiger partial charge in [0.1, 0.15) is 11.6 Å². The molecule has 0 radical (unpaired) electrons. The smallest absolute Gasteiger partial charge is 0.137 e. The van der Waals surface area contributed by atoms with E-state index in [1.54, 1.807) is 0 Å². The van der Waals surface area contributed by atoms with E-state index in [9.17, 15) is 9.59 Å². The van der Waals surface area contributed by atoms with Crippen molar-refractivity contribution in [1.29, 1.82) is 0 Å². The average Bonchev–Trinajstić information content (AvgIpc) is 3.06. The first-order valence-corrected chi connectivity index (χ1v) is 13.4. The van der Waals surface area contributed by atoms with Crippen molar-refractivity contribution in [2.75, 3.05) is 13.6 Å². The number of hydrogen-bond acceptors (Lipinski definition) is 3. The number of Topliss-reactive ketones (excluding diaryl/α,β-unsaturated/α-hetero) is 2. The Bertz CT molecular complexity index is 747. The fourth-order valence-electron chi connectivity index (χ4n) is 10.1. The first-order valence-electron chi connectivity index (χ1n) is 13.4. The monoisotopic (exact) mass is 427 g/mol. The van der Waals surface area contributed by atoms with Gasteiger partial charge in [-0.05, 0) is 98.3 Å². The zero-order valence-electron chi connectivity index (χ0n) is 20.7. The van der Waals surface area contributed by atoms with Crippen LogP contribution >= 0.6 is 0 Å². The molecule has 5 aliphatic rings. The summed E-state index contributed by atoms with van der Waals surface area (Å²) in [6.07, 6.45) is 11.0. The average molecular weight is 428 g/mol. The molecule has 174 valence electrons. The van der Waals surface area contributed by atoms with Gasteiger partial charge in [-0.2, -0.15) is 0 Å². The van der Waals surface area contributed by atoms with Crippen LogP contribution in [0.3, 0.4) is 0 Å². The van der Waals surface area contributed by atoms with Gasteiger partial charge in [0.15, 0.2) is 0 Å². The van der Waals surface area contributed by atoms with E-state index < -0.39 is 0 Å². The molecule has 1 aliphatic heterocycles. The summed E-state index contributed by atoms with van der Waals surface area (Å²) in [4.78, 5) is 28.1. The second kappa shape index (κ2) is 7.67. The van der Waals surface area contributed by atoms with Crippen LogP contribution in [0.2, 0.25) is 0 Å². The molecule has 4 aliphatic carbocycles. The molecule has 1 saturated heterocycles. The van der Waals surface area contributed by atoms with E-state index in [4.69, 9.17) is 0 Å². The predicted molar refractivity (Wildman–Crippen MR) is 125 cm³/mol. The molecule has 0 aromatic carbocycles. The van der Waals surface area contributed by atoms with Crippen molar-refractivity contribution < 1.29 is 9.59 Å². The van der Waals surface area contributed by atoms with Crippen molar-refractivity contribution in [3.63, 3.8) is 0 Å². The van der Waals surface area contributed by atoms with Crippen LogP contribution in [0.5, 0.6) is 0 Å². The number of piperidine rings is 1. The van der Waals surface area contributed by atoms with Crippen LogP contribution in [-0.4, -0.2) is 36.1 Å². The molecule has 5 rings (SSSR count). The van der Waals surface area contributed by atoms with E-state index >= 15 is 0 Å². The molecule has 4 saturated carbocycles. The summed E-state index contributed by atoms with van der Waals surface area (Å²) in [6.45, 7) is 11.2. The largest absolute Gasteiger partial charge is 0.303 e. The van der Waals surface area contributed by atoms with E-state index in [0.29, 0.717) is 47.6 Å². The highest BCUT2D eigenvalue weighted by atomic mass is 16.1. The third kappa shape index (κ3) is 3.30. The zero-order chi connectivity index (χ0) is 22.1. The van der Waals surface area contributed by atoms with Gasteiger partial charge >= 0.3 is 0 Å². The number of ketones is 2. The normalized spacial score (nSPS) is 51.7. The van der Waals surface area contributed by atoms with Crippen molar-refractivity contribution in [3.05, 3.63) is 0 Å². The lowest BCUT2D eigenvalue weighted by Crippen LogP contribution is -2.57. The van der Waals surface area contributed by atoms with Gasteiger partial charge < -0.3 is 4.90 Å². The van der Waals surface area contributed by atoms with Crippen LogP contribution in [0, 0.1) is 52.3 Å². The number of carbonyl (C=O) groups is 2. The molecular formula is C28H45NO2. The summed E-state index contributed by atoms with van der Waals surface area (Å²) < 4.78 is 0. The molecule has 0 spiro atoms. The number of rotatable bonds is 2. The van der Waals surface area contributed by atoms with E-state index in [0.717, 1.165) is 36.6 Å². The Hall–Kier alpha value is -0.700. The van der Waals surface area contributed by atoms with Crippen molar-refractivity contribution >= 4 is 11.6 Å². The Labute approximate surface area is 190 Å². The lowest BCUT2D eigenvalue weighted by molar-refractivity contribution is -0.159. The van der Waals surface area contributed by atoms with Gasteiger partial charge in [0, 0.05) is 37.8 Å². The Morgan fingerprint density at radius 1 is 0.935 bits per heavy atom. The molecule has 0 N–H and O–H groups in total. The fraction of sp³-hybridized carbons (Fsp3) is 0.929. The molecule has 1 heterocycles. The lowest BCUT2D eigenvalue weighted by Gasteiger charge is -2.60. The molecule has 0 amide bonds. The number of nitrogens with zero attached hydrogens (tertiary/aromatic N) is 1. The van der Waals surface area contributed by atoms with E-state index in [-0.39, 0.29) is 11.3 Å². The Morgan fingerprint density at radius 2 is 1.68 bits per heavy atom. The Balaban J connectivity index is 1.38. The molecule has 0 aromatic heterocycles. The zero-order valence-corrected chi connectivity index (χ0v) is 20.7. The molecule has 0 aromatic rings. The van der Waals surface area contributed by atoms with Crippen LogP contribution in [0.4, 0.5) is 0 Å². The van der Waals surface area contributed by atoms with Gasteiger partial charge in [-0.25, -0.2) is 0 Å². The second-order valence-electron chi connectivity index (χ2n) is 13.1. The van der Waals surface area contributed by atoms with Crippen LogP contribution in [0.15, 0.2) is 0 Å². The van der Waals surface area contributed by atoms with Crippen LogP contribution in [0.1, 0.15) is 91.9 Å². The first kappa shape index (κ1) is 22.1. The number of fused-ring (bicyclic) bond motifs is 5. The van der Waals surface area contributed by atoms with Gasteiger partial charge in [0.2, 0.25) is 0 Å². The maximum absolute atomic E-state index is 13.3. The van der Waals surface area contributed by atoms with Crippen LogP contribution in [0.25, 0.3) is 0 Å². The minimum atomic E-state index is 0.0216. The maximum Gasteiger partial charge on any atom is 0.137 e. The van der Waals surface area contributed by atoms with Crippen molar-refractivity contribution in [2.24, 2.45) is 52.3 Å². The second-order valence-corrected chi connectivity index (χ2v) is 13.1. The molecule has 0 bridgehead atoms. The molecular weight excluding hydrogens is 382 g/mol. The van der Waals surface area contributed by atoms with Crippen molar-refractivity contribution in [1.82, 2.24) is 4.90 Å². The highest BCUT2D eigenvalue weighted by Gasteiger charge is 2.62. The summed E-state index contributed by atoms with van der Waals surface area (Å²) in [5, 5.41) is 0. The Kier molecular flexibility index (Phi) is 5.47. The number of hydrogen-bond donors (Lipinski definition) is 0. The van der Waals surface area contributed by atoms with Crippen molar-refractivity contribution in [3.8, 4) is 0 Å². The molecule has 31 heavy (non-hydrogen) atoms. The Morgan fingerprint density at radius 3 is 2.42 bits per heavy atom. The quantitative estimate of drug-likeness (QED) is 0.562. The highest BCUT2D eigenvalue weighted by Crippen LogP contribution is 2.67. The van der Waals surface area contributed by atoms with Gasteiger partial charge in [0.05, 0.1) is 0 Å². The summed E-state index contributed by atoms with van der Waals surface area (Å²) in [5.74, 6) is 5.11. The van der Waals surface area contributed by atoms with Gasteiger partial charge in [0.25, 0.3) is 0 Å². The van der Waals surface area contributed by atoms with Gasteiger partial charge in [-0.3, -0.25) is 9.59 Å². The van der Waals surface area contributed by atoms with E-state index in [1.807, 2.05) is 0 Å². The SMILES string of the molecule is C[C@H]1CC[C@H]([C@@H](C)[C@H]2CC[C@H]3[C@@H]4CC(=O)[C@H]5CC(=O)CC[C@]5(C)[C@H]4CC[C@]23C)N(C)C1. The minimum absolute atomic E-state index is 0.0216. The molecule has 3 nitrogen and oxygen atoms in total. The summed E-state index contributed by atoms with van der Waals surface area (Å²) in [7, 11) is 2.35. The summed E-state index contributed by atoms with van der Waals surface area (Å²) in [5.41, 5.74) is 0.483.